The van der Waals surface area contributed by atoms with E-state index in [1.54, 1.807) is 6.07 Å². The molecule has 94 valence electrons. The average molecular weight is 285 g/mol. The van der Waals surface area contributed by atoms with Crippen LogP contribution in [0, 0.1) is 0 Å². The van der Waals surface area contributed by atoms with Crippen LogP contribution in [0.5, 0.6) is 5.75 Å². The van der Waals surface area contributed by atoms with E-state index in [9.17, 15) is 9.67 Å². The highest BCUT2D eigenvalue weighted by Gasteiger charge is 2.17. The first-order valence-electron chi connectivity index (χ1n) is 5.03. The van der Waals surface area contributed by atoms with Crippen molar-refractivity contribution < 1.29 is 19.5 Å². The largest absolute Gasteiger partial charge is 0.507 e. The van der Waals surface area contributed by atoms with E-state index in [2.05, 4.69) is 0 Å². The highest BCUT2D eigenvalue weighted by molar-refractivity contribution is 7.60. The lowest BCUT2D eigenvalue weighted by Crippen LogP contribution is -2.03. The second-order valence-corrected chi connectivity index (χ2v) is 5.80. The van der Waals surface area contributed by atoms with E-state index in [1.165, 1.54) is 36.4 Å². The Balaban J connectivity index is 2.58. The van der Waals surface area contributed by atoms with Crippen molar-refractivity contribution in [1.82, 2.24) is 0 Å². The van der Waals surface area contributed by atoms with Crippen LogP contribution in [0.2, 0.25) is 5.02 Å². The van der Waals surface area contributed by atoms with Gasteiger partial charge in [0.15, 0.2) is 0 Å². The molecule has 2 rings (SSSR count). The standard InChI is InChI=1S/C12H10ClO4P/c13-9-4-5-12(14)11(7-9)8-2-1-3-10(6-8)18(15,16)17/h1-7,14H,(H2,15,16,17). The minimum absolute atomic E-state index is 0.00209. The van der Waals surface area contributed by atoms with Crippen LogP contribution in [-0.4, -0.2) is 14.9 Å². The van der Waals surface area contributed by atoms with Crippen molar-refractivity contribution in [2.45, 2.75) is 0 Å². The Morgan fingerprint density at radius 1 is 1.06 bits per heavy atom. The number of benzene rings is 2. The van der Waals surface area contributed by atoms with Gasteiger partial charge in [0.05, 0.1) is 5.30 Å². The Morgan fingerprint density at radius 2 is 1.78 bits per heavy atom. The fourth-order valence-electron chi connectivity index (χ4n) is 1.59. The number of phenols is 1. The molecule has 0 radical (unpaired) electrons. The summed E-state index contributed by atoms with van der Waals surface area (Å²) < 4.78 is 11.2. The summed E-state index contributed by atoms with van der Waals surface area (Å²) in [6.07, 6.45) is 0. The van der Waals surface area contributed by atoms with E-state index >= 15 is 0 Å². The molecule has 0 aromatic heterocycles. The Hall–Kier alpha value is -1.32. The van der Waals surface area contributed by atoms with Crippen molar-refractivity contribution in [3.8, 4) is 16.9 Å². The van der Waals surface area contributed by atoms with Gasteiger partial charge >= 0.3 is 7.60 Å². The Kier molecular flexibility index (Phi) is 3.46. The molecule has 0 atom stereocenters. The molecule has 6 heteroatoms. The summed E-state index contributed by atoms with van der Waals surface area (Å²) in [5.74, 6) is 0.00209. The summed E-state index contributed by atoms with van der Waals surface area (Å²) in [6.45, 7) is 0. The zero-order valence-corrected chi connectivity index (χ0v) is 10.8. The maximum absolute atomic E-state index is 11.2. The van der Waals surface area contributed by atoms with Gasteiger partial charge in [0.25, 0.3) is 0 Å². The summed E-state index contributed by atoms with van der Waals surface area (Å²) in [5, 5.41) is 10.1. The molecule has 0 aliphatic carbocycles. The SMILES string of the molecule is O=P(O)(O)c1cccc(-c2cc(Cl)ccc2O)c1. The normalized spacial score (nSPS) is 11.5. The highest BCUT2D eigenvalue weighted by Crippen LogP contribution is 2.36. The van der Waals surface area contributed by atoms with Gasteiger partial charge in [0.2, 0.25) is 0 Å². The maximum Gasteiger partial charge on any atom is 0.356 e. The van der Waals surface area contributed by atoms with E-state index in [0.29, 0.717) is 16.1 Å². The molecule has 0 aliphatic heterocycles. The molecule has 4 nitrogen and oxygen atoms in total. The quantitative estimate of drug-likeness (QED) is 0.741. The minimum atomic E-state index is -4.31. The van der Waals surface area contributed by atoms with Crippen molar-refractivity contribution in [2.75, 3.05) is 0 Å². The Bertz CT molecular complexity index is 636. The molecule has 2 aromatic carbocycles. The zero-order valence-electron chi connectivity index (χ0n) is 9.12. The summed E-state index contributed by atoms with van der Waals surface area (Å²) in [4.78, 5) is 18.2. The van der Waals surface area contributed by atoms with Crippen molar-refractivity contribution in [2.24, 2.45) is 0 Å². The van der Waals surface area contributed by atoms with Gasteiger partial charge < -0.3 is 14.9 Å². The third kappa shape index (κ3) is 2.74. The predicted octanol–water partition coefficient (Wildman–Crippen LogP) is 2.52. The fraction of sp³-hybridized carbons (Fsp3) is 0. The van der Waals surface area contributed by atoms with E-state index in [1.807, 2.05) is 0 Å². The summed E-state index contributed by atoms with van der Waals surface area (Å²) >= 11 is 5.83. The van der Waals surface area contributed by atoms with Crippen molar-refractivity contribution in [3.05, 3.63) is 47.5 Å². The van der Waals surface area contributed by atoms with Crippen LogP contribution in [0.25, 0.3) is 11.1 Å². The first kappa shape index (κ1) is 13.1. The van der Waals surface area contributed by atoms with Gasteiger partial charge in [0, 0.05) is 10.6 Å². The molecule has 2 aromatic rings. The second kappa shape index (κ2) is 4.75. The molecule has 0 amide bonds. The van der Waals surface area contributed by atoms with E-state index in [4.69, 9.17) is 21.4 Å². The molecular weight excluding hydrogens is 275 g/mol. The van der Waals surface area contributed by atoms with Gasteiger partial charge in [-0.3, -0.25) is 4.57 Å². The van der Waals surface area contributed by atoms with E-state index < -0.39 is 7.60 Å². The highest BCUT2D eigenvalue weighted by atomic mass is 35.5. The number of hydrogen-bond acceptors (Lipinski definition) is 2. The van der Waals surface area contributed by atoms with Crippen LogP contribution < -0.4 is 5.30 Å². The lowest BCUT2D eigenvalue weighted by molar-refractivity contribution is 0.387. The first-order valence-corrected chi connectivity index (χ1v) is 7.02. The molecule has 0 aliphatic rings. The molecule has 0 heterocycles. The third-order valence-electron chi connectivity index (χ3n) is 2.45. The van der Waals surface area contributed by atoms with Crippen LogP contribution in [0.15, 0.2) is 42.5 Å². The van der Waals surface area contributed by atoms with Gasteiger partial charge in [-0.2, -0.15) is 0 Å². The molecule has 0 unspecified atom stereocenters. The van der Waals surface area contributed by atoms with Crippen LogP contribution >= 0.6 is 19.2 Å². The maximum atomic E-state index is 11.2. The summed E-state index contributed by atoms with van der Waals surface area (Å²) in [7, 11) is -4.31. The molecule has 18 heavy (non-hydrogen) atoms. The van der Waals surface area contributed by atoms with Gasteiger partial charge in [-0.15, -0.1) is 0 Å². The van der Waals surface area contributed by atoms with Crippen molar-refractivity contribution >= 4 is 24.5 Å². The smallest absolute Gasteiger partial charge is 0.356 e. The number of phenolic OH excluding ortho intramolecular Hbond substituents is 1. The topological polar surface area (TPSA) is 77.8 Å². The van der Waals surface area contributed by atoms with Gasteiger partial charge in [-0.05, 0) is 35.9 Å². The summed E-state index contributed by atoms with van der Waals surface area (Å²) in [6, 6.07) is 10.3. The molecule has 3 N–H and O–H groups in total. The second-order valence-electron chi connectivity index (χ2n) is 3.76. The Morgan fingerprint density at radius 3 is 2.44 bits per heavy atom. The lowest BCUT2D eigenvalue weighted by atomic mass is 10.1. The minimum Gasteiger partial charge on any atom is -0.507 e. The van der Waals surface area contributed by atoms with Gasteiger partial charge in [-0.25, -0.2) is 0 Å². The number of rotatable bonds is 2. The number of hydrogen-bond donors (Lipinski definition) is 3. The predicted molar refractivity (Wildman–Crippen MR) is 70.2 cm³/mol. The molecule has 0 spiro atoms. The average Bonchev–Trinajstić information content (AvgIpc) is 2.31. The van der Waals surface area contributed by atoms with Crippen LogP contribution in [0.1, 0.15) is 0 Å². The fourth-order valence-corrected chi connectivity index (χ4v) is 2.35. The number of aromatic hydroxyl groups is 1. The van der Waals surface area contributed by atoms with Gasteiger partial charge in [-0.1, -0.05) is 23.7 Å². The van der Waals surface area contributed by atoms with Crippen LogP contribution in [0.4, 0.5) is 0 Å². The molecule has 0 saturated heterocycles. The monoisotopic (exact) mass is 284 g/mol. The molecular formula is C12H10ClO4P. The van der Waals surface area contributed by atoms with E-state index in [0.717, 1.165) is 0 Å². The van der Waals surface area contributed by atoms with Crippen molar-refractivity contribution in [1.29, 1.82) is 0 Å². The molecule has 0 bridgehead atoms. The summed E-state index contributed by atoms with van der Waals surface area (Å²) in [5.41, 5.74) is 0.925. The Labute approximate surface area is 109 Å². The third-order valence-corrected chi connectivity index (χ3v) is 3.64. The number of halogens is 1. The first-order chi connectivity index (χ1) is 8.38. The zero-order chi connectivity index (χ0) is 13.3. The lowest BCUT2D eigenvalue weighted by Gasteiger charge is -2.08. The van der Waals surface area contributed by atoms with Crippen LogP contribution in [-0.2, 0) is 4.57 Å². The van der Waals surface area contributed by atoms with Crippen LogP contribution in [0.3, 0.4) is 0 Å². The van der Waals surface area contributed by atoms with E-state index in [-0.39, 0.29) is 11.1 Å². The molecule has 0 saturated carbocycles. The van der Waals surface area contributed by atoms with Gasteiger partial charge in [0.1, 0.15) is 5.75 Å². The van der Waals surface area contributed by atoms with Crippen molar-refractivity contribution in [3.63, 3.8) is 0 Å². The molecule has 0 fully saturated rings.